The largest absolute Gasteiger partial charge is 0.313 e. The minimum absolute atomic E-state index is 0.0879. The first-order valence-electron chi connectivity index (χ1n) is 7.01. The Balaban J connectivity index is 2.23. The van der Waals surface area contributed by atoms with Gasteiger partial charge >= 0.3 is 0 Å². The van der Waals surface area contributed by atoms with Gasteiger partial charge in [-0.3, -0.25) is 0 Å². The lowest BCUT2D eigenvalue weighted by Crippen LogP contribution is -2.43. The van der Waals surface area contributed by atoms with Crippen LogP contribution < -0.4 is 10.0 Å². The Morgan fingerprint density at radius 1 is 1.33 bits per heavy atom. The molecule has 0 spiro atoms. The van der Waals surface area contributed by atoms with Crippen LogP contribution in [0, 0.1) is 13.8 Å². The van der Waals surface area contributed by atoms with Crippen molar-refractivity contribution in [3.63, 3.8) is 0 Å². The van der Waals surface area contributed by atoms with Gasteiger partial charge in [-0.05, 0) is 50.4 Å². The van der Waals surface area contributed by atoms with Crippen molar-refractivity contribution in [1.82, 2.24) is 10.0 Å². The van der Waals surface area contributed by atoms with Gasteiger partial charge in [0, 0.05) is 17.6 Å². The Hall–Kier alpha value is -0.330. The van der Waals surface area contributed by atoms with E-state index >= 15 is 0 Å². The minimum Gasteiger partial charge on any atom is -0.313 e. The van der Waals surface area contributed by atoms with E-state index in [1.54, 1.807) is 19.9 Å². The highest BCUT2D eigenvalue weighted by Crippen LogP contribution is 2.33. The summed E-state index contributed by atoms with van der Waals surface area (Å²) < 4.78 is 27.7. The van der Waals surface area contributed by atoms with Gasteiger partial charge in [-0.1, -0.05) is 29.6 Å². The first kappa shape index (κ1) is 17.0. The summed E-state index contributed by atoms with van der Waals surface area (Å²) in [6.45, 7) is 4.71. The number of benzene rings is 1. The van der Waals surface area contributed by atoms with Crippen LogP contribution in [-0.2, 0) is 10.0 Å². The van der Waals surface area contributed by atoms with Crippen LogP contribution in [0.25, 0.3) is 0 Å². The van der Waals surface area contributed by atoms with Gasteiger partial charge in [0.25, 0.3) is 0 Å². The molecule has 1 aliphatic rings. The Bertz CT molecular complexity index is 600. The lowest BCUT2D eigenvalue weighted by molar-refractivity contribution is 0.398. The van der Waals surface area contributed by atoms with Crippen molar-refractivity contribution < 1.29 is 8.42 Å². The molecule has 0 radical (unpaired) electrons. The van der Waals surface area contributed by atoms with E-state index in [2.05, 4.69) is 10.0 Å². The van der Waals surface area contributed by atoms with Crippen molar-refractivity contribution in [2.45, 2.75) is 44.0 Å². The molecule has 4 nitrogen and oxygen atoms in total. The highest BCUT2D eigenvalue weighted by atomic mass is 35.5. The smallest absolute Gasteiger partial charge is 0.242 e. The van der Waals surface area contributed by atoms with Gasteiger partial charge in [-0.15, -0.1) is 0 Å². The van der Waals surface area contributed by atoms with Gasteiger partial charge in [0.15, 0.2) is 0 Å². The summed E-state index contributed by atoms with van der Waals surface area (Å²) in [6, 6.07) is 1.86. The van der Waals surface area contributed by atoms with Crippen LogP contribution in [0.4, 0.5) is 0 Å². The molecule has 1 saturated heterocycles. The third-order valence-electron chi connectivity index (χ3n) is 3.79. The zero-order valence-corrected chi connectivity index (χ0v) is 14.5. The second-order valence-corrected chi connectivity index (χ2v) is 7.93. The maximum atomic E-state index is 12.5. The standard InChI is InChI=1S/C14H20Cl2N2O2S/c1-9-7-12(15)10(2)14(13(9)16)21(19,20)18-8-11-5-3-4-6-17-11/h7,11,17-18H,3-6,8H2,1-2H3. The highest BCUT2D eigenvalue weighted by Gasteiger charge is 2.25. The molecular formula is C14H20Cl2N2O2S. The van der Waals surface area contributed by atoms with E-state index in [-0.39, 0.29) is 16.0 Å². The molecule has 2 rings (SSSR count). The van der Waals surface area contributed by atoms with Crippen LogP contribution >= 0.6 is 23.2 Å². The number of sulfonamides is 1. The SMILES string of the molecule is Cc1cc(Cl)c(C)c(S(=O)(=O)NCC2CCCCN2)c1Cl. The molecule has 0 aliphatic carbocycles. The molecule has 118 valence electrons. The highest BCUT2D eigenvalue weighted by molar-refractivity contribution is 7.89. The van der Waals surface area contributed by atoms with Crippen molar-refractivity contribution in [2.24, 2.45) is 0 Å². The molecule has 1 atom stereocenters. The number of aryl methyl sites for hydroxylation is 1. The molecule has 1 heterocycles. The first-order valence-corrected chi connectivity index (χ1v) is 9.25. The fraction of sp³-hybridized carbons (Fsp3) is 0.571. The summed E-state index contributed by atoms with van der Waals surface area (Å²) >= 11 is 12.3. The predicted molar refractivity (Wildman–Crippen MR) is 86.8 cm³/mol. The molecule has 7 heteroatoms. The van der Waals surface area contributed by atoms with E-state index < -0.39 is 10.0 Å². The molecule has 1 fully saturated rings. The summed E-state index contributed by atoms with van der Waals surface area (Å²) in [5.41, 5.74) is 1.14. The molecule has 0 saturated carbocycles. The Morgan fingerprint density at radius 3 is 2.67 bits per heavy atom. The van der Waals surface area contributed by atoms with Gasteiger partial charge in [0.05, 0.1) is 5.02 Å². The average Bonchev–Trinajstić information content (AvgIpc) is 2.44. The Labute approximate surface area is 136 Å². The molecule has 0 aromatic heterocycles. The van der Waals surface area contributed by atoms with Crippen LogP contribution in [0.15, 0.2) is 11.0 Å². The summed E-state index contributed by atoms with van der Waals surface area (Å²) in [7, 11) is -3.67. The van der Waals surface area contributed by atoms with E-state index in [1.807, 2.05) is 0 Å². The average molecular weight is 351 g/mol. The van der Waals surface area contributed by atoms with Crippen molar-refractivity contribution in [3.05, 3.63) is 27.2 Å². The zero-order valence-electron chi connectivity index (χ0n) is 12.2. The molecule has 1 aromatic rings. The topological polar surface area (TPSA) is 58.2 Å². The fourth-order valence-electron chi connectivity index (χ4n) is 2.51. The van der Waals surface area contributed by atoms with Gasteiger partial charge in [0.2, 0.25) is 10.0 Å². The van der Waals surface area contributed by atoms with E-state index in [4.69, 9.17) is 23.2 Å². The monoisotopic (exact) mass is 350 g/mol. The van der Waals surface area contributed by atoms with Gasteiger partial charge < -0.3 is 5.32 Å². The fourth-order valence-corrected chi connectivity index (χ4v) is 4.80. The summed E-state index contributed by atoms with van der Waals surface area (Å²) in [5.74, 6) is 0. The number of hydrogen-bond acceptors (Lipinski definition) is 3. The predicted octanol–water partition coefficient (Wildman–Crippen LogP) is 3.03. The summed E-state index contributed by atoms with van der Waals surface area (Å²) in [6.07, 6.45) is 3.24. The molecule has 1 unspecified atom stereocenters. The van der Waals surface area contributed by atoms with Gasteiger partial charge in [-0.25, -0.2) is 13.1 Å². The van der Waals surface area contributed by atoms with E-state index in [9.17, 15) is 8.42 Å². The normalized spacial score (nSPS) is 19.7. The molecule has 1 aromatic carbocycles. The number of hydrogen-bond donors (Lipinski definition) is 2. The maximum Gasteiger partial charge on any atom is 0.242 e. The third kappa shape index (κ3) is 3.90. The van der Waals surface area contributed by atoms with E-state index in [0.29, 0.717) is 22.7 Å². The van der Waals surface area contributed by atoms with Crippen molar-refractivity contribution in [3.8, 4) is 0 Å². The van der Waals surface area contributed by atoms with E-state index in [0.717, 1.165) is 25.8 Å². The number of rotatable bonds is 4. The van der Waals surface area contributed by atoms with Crippen molar-refractivity contribution in [1.29, 1.82) is 0 Å². The summed E-state index contributed by atoms with van der Waals surface area (Å²) in [4.78, 5) is 0.0879. The molecule has 0 bridgehead atoms. The van der Waals surface area contributed by atoms with Crippen LogP contribution in [0.2, 0.25) is 10.0 Å². The zero-order chi connectivity index (χ0) is 15.6. The lowest BCUT2D eigenvalue weighted by atomic mass is 10.1. The Morgan fingerprint density at radius 2 is 2.05 bits per heavy atom. The van der Waals surface area contributed by atoms with Crippen molar-refractivity contribution in [2.75, 3.05) is 13.1 Å². The second kappa shape index (κ2) is 6.84. The van der Waals surface area contributed by atoms with Gasteiger partial charge in [-0.2, -0.15) is 0 Å². The summed E-state index contributed by atoms with van der Waals surface area (Å²) in [5, 5.41) is 3.96. The van der Waals surface area contributed by atoms with E-state index in [1.165, 1.54) is 0 Å². The molecule has 21 heavy (non-hydrogen) atoms. The van der Waals surface area contributed by atoms with Gasteiger partial charge in [0.1, 0.15) is 4.90 Å². The third-order valence-corrected chi connectivity index (χ3v) is 6.37. The van der Waals surface area contributed by atoms with Crippen LogP contribution in [0.3, 0.4) is 0 Å². The van der Waals surface area contributed by atoms with Crippen LogP contribution in [0.1, 0.15) is 30.4 Å². The van der Waals surface area contributed by atoms with Crippen LogP contribution in [0.5, 0.6) is 0 Å². The number of nitrogens with one attached hydrogen (secondary N) is 2. The molecule has 2 N–H and O–H groups in total. The van der Waals surface area contributed by atoms with Crippen molar-refractivity contribution >= 4 is 33.2 Å². The molecule has 0 amide bonds. The molecular weight excluding hydrogens is 331 g/mol. The lowest BCUT2D eigenvalue weighted by Gasteiger charge is -2.24. The van der Waals surface area contributed by atoms with Crippen LogP contribution in [-0.4, -0.2) is 27.5 Å². The quantitative estimate of drug-likeness (QED) is 0.877. The second-order valence-electron chi connectivity index (χ2n) is 5.44. The minimum atomic E-state index is -3.67. The first-order chi connectivity index (χ1) is 9.83. The Kier molecular flexibility index (Phi) is 5.54. The maximum absolute atomic E-state index is 12.5. The number of piperidine rings is 1. The molecule has 1 aliphatic heterocycles. The number of halogens is 2.